The van der Waals surface area contributed by atoms with E-state index in [1.54, 1.807) is 35.0 Å². The largest absolute Gasteiger partial charge is 0.451 e. The molecule has 0 unspecified atom stereocenters. The van der Waals surface area contributed by atoms with Crippen molar-refractivity contribution in [3.05, 3.63) is 83.7 Å². The molecular formula is C23H22N4O4. The number of ether oxygens (including phenoxy) is 1. The van der Waals surface area contributed by atoms with Gasteiger partial charge in [0.25, 0.3) is 5.91 Å². The molecule has 0 bridgehead atoms. The van der Waals surface area contributed by atoms with Crippen LogP contribution in [0, 0.1) is 6.92 Å². The second-order valence-electron chi connectivity index (χ2n) is 6.69. The normalized spacial score (nSPS) is 11.0. The summed E-state index contributed by atoms with van der Waals surface area (Å²) in [6, 6.07) is 20.0. The van der Waals surface area contributed by atoms with Crippen molar-refractivity contribution in [1.29, 1.82) is 0 Å². The van der Waals surface area contributed by atoms with Crippen LogP contribution in [0.1, 0.15) is 18.2 Å². The van der Waals surface area contributed by atoms with E-state index < -0.39 is 24.4 Å². The summed E-state index contributed by atoms with van der Waals surface area (Å²) in [7, 11) is 0. The van der Waals surface area contributed by atoms with Crippen molar-refractivity contribution in [3.63, 3.8) is 0 Å². The van der Waals surface area contributed by atoms with Crippen LogP contribution in [-0.2, 0) is 19.1 Å². The van der Waals surface area contributed by atoms with Crippen LogP contribution in [0.3, 0.4) is 0 Å². The fourth-order valence-electron chi connectivity index (χ4n) is 2.79. The zero-order chi connectivity index (χ0) is 22.2. The number of esters is 1. The van der Waals surface area contributed by atoms with E-state index in [2.05, 4.69) is 15.7 Å². The number of benzene rings is 2. The lowest BCUT2D eigenvalue weighted by molar-refractivity contribution is -0.144. The van der Waals surface area contributed by atoms with Crippen molar-refractivity contribution in [2.45, 2.75) is 13.8 Å². The summed E-state index contributed by atoms with van der Waals surface area (Å²) >= 11 is 0. The minimum Gasteiger partial charge on any atom is -0.451 e. The number of anilines is 1. The van der Waals surface area contributed by atoms with E-state index in [0.717, 1.165) is 11.4 Å². The SMILES string of the molecule is CC(=O)N/C(=C/c1ccccc1)C(=O)OCC(=O)Nc1cc(C)nn1-c1ccccc1. The summed E-state index contributed by atoms with van der Waals surface area (Å²) in [5.74, 6) is -1.33. The van der Waals surface area contributed by atoms with E-state index in [1.165, 1.54) is 13.0 Å². The molecule has 0 spiro atoms. The van der Waals surface area contributed by atoms with E-state index in [-0.39, 0.29) is 5.70 Å². The smallest absolute Gasteiger partial charge is 0.355 e. The summed E-state index contributed by atoms with van der Waals surface area (Å²) in [6.45, 7) is 2.57. The topological polar surface area (TPSA) is 102 Å². The lowest BCUT2D eigenvalue weighted by Gasteiger charge is -2.11. The number of aryl methyl sites for hydroxylation is 1. The predicted molar refractivity (Wildman–Crippen MR) is 116 cm³/mol. The average Bonchev–Trinajstić information content (AvgIpc) is 3.12. The van der Waals surface area contributed by atoms with Crippen molar-refractivity contribution in [2.24, 2.45) is 0 Å². The summed E-state index contributed by atoms with van der Waals surface area (Å²) < 4.78 is 6.69. The molecule has 0 saturated carbocycles. The van der Waals surface area contributed by atoms with Gasteiger partial charge in [-0.3, -0.25) is 9.59 Å². The number of carbonyl (C=O) groups is 3. The highest BCUT2D eigenvalue weighted by atomic mass is 16.5. The standard InChI is InChI=1S/C23H22N4O4/c1-16-13-21(27(26-16)19-11-7-4-8-12-19)25-22(29)15-31-23(30)20(24-17(2)28)14-18-9-5-3-6-10-18/h3-14H,15H2,1-2H3,(H,24,28)(H,25,29)/b20-14+. The number of hydrogen-bond acceptors (Lipinski definition) is 5. The highest BCUT2D eigenvalue weighted by molar-refractivity contribution is 5.99. The molecule has 0 aliphatic rings. The Morgan fingerprint density at radius 2 is 1.68 bits per heavy atom. The maximum absolute atomic E-state index is 12.4. The van der Waals surface area contributed by atoms with E-state index in [0.29, 0.717) is 11.4 Å². The Hall–Kier alpha value is -4.20. The second kappa shape index (κ2) is 10.0. The number of aromatic nitrogens is 2. The molecule has 1 heterocycles. The zero-order valence-corrected chi connectivity index (χ0v) is 17.2. The maximum atomic E-state index is 12.4. The van der Waals surface area contributed by atoms with Crippen LogP contribution in [0.4, 0.5) is 5.82 Å². The molecular weight excluding hydrogens is 396 g/mol. The number of carbonyl (C=O) groups excluding carboxylic acids is 3. The van der Waals surface area contributed by atoms with Gasteiger partial charge in [0.2, 0.25) is 5.91 Å². The average molecular weight is 418 g/mol. The molecule has 2 aromatic carbocycles. The first-order valence-corrected chi connectivity index (χ1v) is 9.56. The van der Waals surface area contributed by atoms with Gasteiger partial charge in [-0.05, 0) is 30.7 Å². The van der Waals surface area contributed by atoms with Crippen LogP contribution in [0.25, 0.3) is 11.8 Å². The molecule has 8 heteroatoms. The Labute approximate surface area is 179 Å². The van der Waals surface area contributed by atoms with Gasteiger partial charge in [0.05, 0.1) is 11.4 Å². The quantitative estimate of drug-likeness (QED) is 0.454. The number of para-hydroxylation sites is 1. The minimum atomic E-state index is -0.818. The number of nitrogens with zero attached hydrogens (tertiary/aromatic N) is 2. The highest BCUT2D eigenvalue weighted by Gasteiger charge is 2.16. The lowest BCUT2D eigenvalue weighted by Crippen LogP contribution is -2.29. The molecule has 0 aliphatic heterocycles. The fourth-order valence-corrected chi connectivity index (χ4v) is 2.79. The molecule has 3 rings (SSSR count). The molecule has 8 nitrogen and oxygen atoms in total. The summed E-state index contributed by atoms with van der Waals surface area (Å²) in [4.78, 5) is 36.3. The molecule has 1 aromatic heterocycles. The Kier molecular flexibility index (Phi) is 6.95. The van der Waals surface area contributed by atoms with E-state index >= 15 is 0 Å². The van der Waals surface area contributed by atoms with Gasteiger partial charge in [-0.1, -0.05) is 48.5 Å². The molecule has 0 atom stereocenters. The Balaban J connectivity index is 1.67. The molecule has 2 amide bonds. The maximum Gasteiger partial charge on any atom is 0.355 e. The molecule has 0 aliphatic carbocycles. The molecule has 0 radical (unpaired) electrons. The molecule has 2 N–H and O–H groups in total. The molecule has 0 fully saturated rings. The predicted octanol–water partition coefficient (Wildman–Crippen LogP) is 2.84. The lowest BCUT2D eigenvalue weighted by atomic mass is 10.2. The first-order valence-electron chi connectivity index (χ1n) is 9.56. The van der Waals surface area contributed by atoms with Crippen molar-refractivity contribution >= 4 is 29.7 Å². The third-order valence-electron chi connectivity index (χ3n) is 4.08. The van der Waals surface area contributed by atoms with Crippen molar-refractivity contribution in [3.8, 4) is 5.69 Å². The molecule has 31 heavy (non-hydrogen) atoms. The number of hydrogen-bond donors (Lipinski definition) is 2. The molecule has 0 saturated heterocycles. The van der Waals surface area contributed by atoms with E-state index in [4.69, 9.17) is 4.74 Å². The van der Waals surface area contributed by atoms with Crippen LogP contribution >= 0.6 is 0 Å². The Morgan fingerprint density at radius 3 is 2.32 bits per heavy atom. The Morgan fingerprint density at radius 1 is 1.03 bits per heavy atom. The summed E-state index contributed by atoms with van der Waals surface area (Å²) in [5, 5.41) is 9.50. The van der Waals surface area contributed by atoms with Crippen molar-refractivity contribution in [1.82, 2.24) is 15.1 Å². The minimum absolute atomic E-state index is 0.0586. The van der Waals surface area contributed by atoms with Crippen LogP contribution < -0.4 is 10.6 Å². The van der Waals surface area contributed by atoms with Gasteiger partial charge in [0.1, 0.15) is 11.5 Å². The van der Waals surface area contributed by atoms with Crippen molar-refractivity contribution < 1.29 is 19.1 Å². The third-order valence-corrected chi connectivity index (χ3v) is 4.08. The fraction of sp³-hybridized carbons (Fsp3) is 0.130. The third kappa shape index (κ3) is 6.14. The summed E-state index contributed by atoms with van der Waals surface area (Å²) in [5.41, 5.74) is 2.14. The van der Waals surface area contributed by atoms with E-state index in [9.17, 15) is 14.4 Å². The van der Waals surface area contributed by atoms with Gasteiger partial charge in [-0.2, -0.15) is 5.10 Å². The van der Waals surface area contributed by atoms with Gasteiger partial charge in [-0.25, -0.2) is 9.48 Å². The van der Waals surface area contributed by atoms with Gasteiger partial charge in [0, 0.05) is 13.0 Å². The molecule has 158 valence electrons. The van der Waals surface area contributed by atoms with Crippen molar-refractivity contribution in [2.75, 3.05) is 11.9 Å². The number of nitrogens with one attached hydrogen (secondary N) is 2. The van der Waals surface area contributed by atoms with Crippen LogP contribution in [0.5, 0.6) is 0 Å². The molecule has 3 aromatic rings. The zero-order valence-electron chi connectivity index (χ0n) is 17.2. The highest BCUT2D eigenvalue weighted by Crippen LogP contribution is 2.16. The van der Waals surface area contributed by atoms with Crippen LogP contribution in [0.15, 0.2) is 72.4 Å². The monoisotopic (exact) mass is 418 g/mol. The van der Waals surface area contributed by atoms with Crippen LogP contribution in [-0.4, -0.2) is 34.2 Å². The number of rotatable bonds is 7. The summed E-state index contributed by atoms with van der Waals surface area (Å²) in [6.07, 6.45) is 1.48. The van der Waals surface area contributed by atoms with Gasteiger partial charge in [-0.15, -0.1) is 0 Å². The number of amides is 2. The van der Waals surface area contributed by atoms with Gasteiger partial charge < -0.3 is 15.4 Å². The van der Waals surface area contributed by atoms with Crippen LogP contribution in [0.2, 0.25) is 0 Å². The second-order valence-corrected chi connectivity index (χ2v) is 6.69. The Bertz CT molecular complexity index is 1110. The van der Waals surface area contributed by atoms with Gasteiger partial charge >= 0.3 is 5.97 Å². The van der Waals surface area contributed by atoms with E-state index in [1.807, 2.05) is 43.3 Å². The first kappa shape index (κ1) is 21.5. The van der Waals surface area contributed by atoms with Gasteiger partial charge in [0.15, 0.2) is 6.61 Å². The first-order chi connectivity index (χ1) is 14.9.